The van der Waals surface area contributed by atoms with Crippen LogP contribution in [0.2, 0.25) is 0 Å². The molecule has 1 aromatic rings. The van der Waals surface area contributed by atoms with Crippen molar-refractivity contribution in [2.24, 2.45) is 5.73 Å². The molecule has 0 aliphatic rings. The lowest BCUT2D eigenvalue weighted by molar-refractivity contribution is -0.140. The van der Waals surface area contributed by atoms with E-state index in [4.69, 9.17) is 10.5 Å². The van der Waals surface area contributed by atoms with Gasteiger partial charge in [0, 0.05) is 18.0 Å². The van der Waals surface area contributed by atoms with E-state index in [1.54, 1.807) is 0 Å². The zero-order valence-corrected chi connectivity index (χ0v) is 11.0. The first-order chi connectivity index (χ1) is 8.69. The molecule has 1 rings (SSSR count). The average molecular weight is 251 g/mol. The van der Waals surface area contributed by atoms with E-state index in [0.29, 0.717) is 19.4 Å². The van der Waals surface area contributed by atoms with Gasteiger partial charge in [-0.15, -0.1) is 0 Å². The van der Waals surface area contributed by atoms with Gasteiger partial charge in [0.25, 0.3) is 0 Å². The second-order valence-electron chi connectivity index (χ2n) is 4.08. The second-order valence-corrected chi connectivity index (χ2v) is 4.08. The number of carbonyl (C=O) groups excluding carboxylic acids is 1. The Labute approximate surface area is 108 Å². The third kappa shape index (κ3) is 4.37. The normalized spacial score (nSPS) is 11.9. The van der Waals surface area contributed by atoms with Crippen molar-refractivity contribution >= 4 is 5.97 Å². The van der Waals surface area contributed by atoms with E-state index in [1.807, 2.05) is 31.2 Å². The third-order valence-corrected chi connectivity index (χ3v) is 2.77. The summed E-state index contributed by atoms with van der Waals surface area (Å²) in [7, 11) is 1.39. The molecule has 2 N–H and O–H groups in total. The number of methoxy groups -OCH3 is 1. The first-order valence-corrected chi connectivity index (χ1v) is 6.23. The van der Waals surface area contributed by atoms with E-state index in [0.717, 1.165) is 17.7 Å². The highest BCUT2D eigenvalue weighted by Crippen LogP contribution is 2.25. The fraction of sp³-hybridized carbons (Fsp3) is 0.500. The molecule has 0 unspecified atom stereocenters. The third-order valence-electron chi connectivity index (χ3n) is 2.77. The van der Waals surface area contributed by atoms with Gasteiger partial charge in [0.15, 0.2) is 0 Å². The first kappa shape index (κ1) is 14.5. The predicted molar refractivity (Wildman–Crippen MR) is 70.4 cm³/mol. The summed E-state index contributed by atoms with van der Waals surface area (Å²) in [6.07, 6.45) is 1.88. The number of carbonyl (C=O) groups is 1. The quantitative estimate of drug-likeness (QED) is 0.597. The van der Waals surface area contributed by atoms with Gasteiger partial charge in [-0.1, -0.05) is 25.1 Å². The minimum Gasteiger partial charge on any atom is -0.493 e. The van der Waals surface area contributed by atoms with Gasteiger partial charge in [0.1, 0.15) is 5.75 Å². The van der Waals surface area contributed by atoms with Crippen LogP contribution in [0.4, 0.5) is 0 Å². The van der Waals surface area contributed by atoms with Gasteiger partial charge in [0.05, 0.1) is 13.7 Å². The van der Waals surface area contributed by atoms with Crippen molar-refractivity contribution in [2.45, 2.75) is 32.2 Å². The molecular formula is C14H21NO3. The number of benzene rings is 1. The Morgan fingerprint density at radius 2 is 2.11 bits per heavy atom. The molecule has 0 aliphatic carbocycles. The largest absolute Gasteiger partial charge is 0.493 e. The molecule has 4 nitrogen and oxygen atoms in total. The topological polar surface area (TPSA) is 61.5 Å². The standard InChI is InChI=1S/C14H21NO3/c1-3-12(15)11-7-4-5-8-13(11)18-10-6-9-14(16)17-2/h4-5,7-8,12H,3,6,9-10,15H2,1-2H3/t12-/m0/s1. The van der Waals surface area contributed by atoms with Crippen LogP contribution in [-0.2, 0) is 9.53 Å². The second kappa shape index (κ2) is 7.71. The Morgan fingerprint density at radius 1 is 1.39 bits per heavy atom. The highest BCUT2D eigenvalue weighted by molar-refractivity contribution is 5.69. The van der Waals surface area contributed by atoms with Crippen LogP contribution in [0.15, 0.2) is 24.3 Å². The van der Waals surface area contributed by atoms with Gasteiger partial charge in [-0.2, -0.15) is 0 Å². The number of rotatable bonds is 7. The van der Waals surface area contributed by atoms with Crippen LogP contribution in [0, 0.1) is 0 Å². The van der Waals surface area contributed by atoms with Crippen LogP contribution in [0.1, 0.15) is 37.8 Å². The lowest BCUT2D eigenvalue weighted by Crippen LogP contribution is -2.11. The molecule has 0 fully saturated rings. The smallest absolute Gasteiger partial charge is 0.305 e. The van der Waals surface area contributed by atoms with E-state index >= 15 is 0 Å². The van der Waals surface area contributed by atoms with Crippen LogP contribution in [0.3, 0.4) is 0 Å². The molecule has 0 spiro atoms. The van der Waals surface area contributed by atoms with Crippen molar-refractivity contribution in [1.29, 1.82) is 0 Å². The monoisotopic (exact) mass is 251 g/mol. The maximum absolute atomic E-state index is 10.9. The highest BCUT2D eigenvalue weighted by atomic mass is 16.5. The van der Waals surface area contributed by atoms with Crippen molar-refractivity contribution in [3.63, 3.8) is 0 Å². The summed E-state index contributed by atoms with van der Waals surface area (Å²) in [5.74, 6) is 0.592. The van der Waals surface area contributed by atoms with Crippen LogP contribution in [0.5, 0.6) is 5.75 Å². The molecule has 0 saturated heterocycles. The number of esters is 1. The van der Waals surface area contributed by atoms with E-state index in [2.05, 4.69) is 4.74 Å². The Morgan fingerprint density at radius 3 is 2.78 bits per heavy atom. The summed E-state index contributed by atoms with van der Waals surface area (Å²) in [5.41, 5.74) is 7.03. The molecular weight excluding hydrogens is 230 g/mol. The van der Waals surface area contributed by atoms with Crippen molar-refractivity contribution in [1.82, 2.24) is 0 Å². The molecule has 18 heavy (non-hydrogen) atoms. The highest BCUT2D eigenvalue weighted by Gasteiger charge is 2.09. The molecule has 0 radical (unpaired) electrons. The zero-order valence-electron chi connectivity index (χ0n) is 11.0. The molecule has 100 valence electrons. The molecule has 0 amide bonds. The summed E-state index contributed by atoms with van der Waals surface area (Å²) in [6.45, 7) is 2.53. The summed E-state index contributed by atoms with van der Waals surface area (Å²) >= 11 is 0. The molecule has 0 aliphatic heterocycles. The molecule has 1 atom stereocenters. The number of para-hydroxylation sites is 1. The summed E-state index contributed by atoms with van der Waals surface area (Å²) in [6, 6.07) is 7.74. The maximum atomic E-state index is 10.9. The number of nitrogens with two attached hydrogens (primary N) is 1. The number of hydrogen-bond acceptors (Lipinski definition) is 4. The lowest BCUT2D eigenvalue weighted by Gasteiger charge is -2.15. The molecule has 1 aromatic carbocycles. The summed E-state index contributed by atoms with van der Waals surface area (Å²) in [5, 5.41) is 0. The van der Waals surface area contributed by atoms with Gasteiger partial charge in [-0.25, -0.2) is 0 Å². The first-order valence-electron chi connectivity index (χ1n) is 6.23. The maximum Gasteiger partial charge on any atom is 0.305 e. The van der Waals surface area contributed by atoms with Crippen molar-refractivity contribution in [3.05, 3.63) is 29.8 Å². The van der Waals surface area contributed by atoms with Crippen molar-refractivity contribution in [3.8, 4) is 5.75 Å². The fourth-order valence-electron chi connectivity index (χ4n) is 1.64. The van der Waals surface area contributed by atoms with Crippen molar-refractivity contribution < 1.29 is 14.3 Å². The summed E-state index contributed by atoms with van der Waals surface area (Å²) in [4.78, 5) is 10.9. The van der Waals surface area contributed by atoms with Gasteiger partial charge in [0.2, 0.25) is 0 Å². The molecule has 0 aromatic heterocycles. The van der Waals surface area contributed by atoms with Crippen LogP contribution >= 0.6 is 0 Å². The van der Waals surface area contributed by atoms with E-state index < -0.39 is 0 Å². The summed E-state index contributed by atoms with van der Waals surface area (Å²) < 4.78 is 10.2. The van der Waals surface area contributed by atoms with Gasteiger partial charge in [-0.05, 0) is 18.9 Å². The van der Waals surface area contributed by atoms with E-state index in [9.17, 15) is 4.79 Å². The minimum absolute atomic E-state index is 0.0122. The fourth-order valence-corrected chi connectivity index (χ4v) is 1.64. The van der Waals surface area contributed by atoms with Crippen LogP contribution < -0.4 is 10.5 Å². The molecule has 0 saturated carbocycles. The zero-order chi connectivity index (χ0) is 13.4. The minimum atomic E-state index is -0.211. The van der Waals surface area contributed by atoms with Crippen LogP contribution in [-0.4, -0.2) is 19.7 Å². The average Bonchev–Trinajstić information content (AvgIpc) is 2.42. The Kier molecular flexibility index (Phi) is 6.22. The van der Waals surface area contributed by atoms with Crippen molar-refractivity contribution in [2.75, 3.05) is 13.7 Å². The predicted octanol–water partition coefficient (Wildman–Crippen LogP) is 2.43. The molecule has 0 heterocycles. The van der Waals surface area contributed by atoms with Crippen LogP contribution in [0.25, 0.3) is 0 Å². The SMILES string of the molecule is CC[C@H](N)c1ccccc1OCCCC(=O)OC. The van der Waals surface area contributed by atoms with Gasteiger partial charge >= 0.3 is 5.97 Å². The molecule has 4 heteroatoms. The Bertz CT molecular complexity index is 379. The van der Waals surface area contributed by atoms with E-state index in [-0.39, 0.29) is 12.0 Å². The molecule has 0 bridgehead atoms. The lowest BCUT2D eigenvalue weighted by atomic mass is 10.0. The number of hydrogen-bond donors (Lipinski definition) is 1. The Balaban J connectivity index is 2.49. The Hall–Kier alpha value is -1.55. The number of ether oxygens (including phenoxy) is 2. The van der Waals surface area contributed by atoms with E-state index in [1.165, 1.54) is 7.11 Å². The van der Waals surface area contributed by atoms with Gasteiger partial charge in [-0.3, -0.25) is 4.79 Å². The van der Waals surface area contributed by atoms with Gasteiger partial charge < -0.3 is 15.2 Å².